The van der Waals surface area contributed by atoms with Gasteiger partial charge >= 0.3 is 6.18 Å². The molecule has 3 aliphatic rings. The predicted molar refractivity (Wildman–Crippen MR) is 97.7 cm³/mol. The topological polar surface area (TPSA) is 45.7 Å². The third-order valence-corrected chi connectivity index (χ3v) is 5.52. The molecule has 3 rings (SSSR count). The van der Waals surface area contributed by atoms with Gasteiger partial charge in [0.1, 0.15) is 0 Å². The Morgan fingerprint density at radius 1 is 1.12 bits per heavy atom. The number of guanidine groups is 1. The van der Waals surface area contributed by atoms with Crippen molar-refractivity contribution in [2.45, 2.75) is 69.4 Å². The van der Waals surface area contributed by atoms with Crippen LogP contribution in [-0.4, -0.2) is 44.0 Å². The van der Waals surface area contributed by atoms with Crippen molar-refractivity contribution in [1.82, 2.24) is 10.6 Å². The number of fused-ring (bicyclic) bond motifs is 2. The Morgan fingerprint density at radius 2 is 1.83 bits per heavy atom. The minimum Gasteiger partial charge on any atom is -0.373 e. The van der Waals surface area contributed by atoms with Crippen molar-refractivity contribution in [2.75, 3.05) is 13.6 Å². The molecule has 0 aromatic carbocycles. The number of halogens is 4. The minimum atomic E-state index is -4.03. The number of hydrogen-bond acceptors (Lipinski definition) is 2. The van der Waals surface area contributed by atoms with Crippen LogP contribution in [0.25, 0.3) is 0 Å². The summed E-state index contributed by atoms with van der Waals surface area (Å²) in [4.78, 5) is 4.23. The Morgan fingerprint density at radius 3 is 2.33 bits per heavy atom. The summed E-state index contributed by atoms with van der Waals surface area (Å²) in [5.74, 6) is -0.0742. The van der Waals surface area contributed by atoms with E-state index < -0.39 is 12.1 Å². The second-order valence-electron chi connectivity index (χ2n) is 7.07. The zero-order chi connectivity index (χ0) is 16.4. The van der Waals surface area contributed by atoms with Gasteiger partial charge in [0.25, 0.3) is 0 Å². The number of rotatable bonds is 3. The quantitative estimate of drug-likeness (QED) is 0.385. The van der Waals surface area contributed by atoms with Crippen LogP contribution in [0.5, 0.6) is 0 Å². The van der Waals surface area contributed by atoms with E-state index in [0.29, 0.717) is 37.5 Å². The molecule has 0 radical (unpaired) electrons. The standard InChI is InChI=1S/C16H26F3N3O.HI/c1-20-15(22-13-8-12-6-7-14(13)23-12)21-9-10-2-4-11(5-3-10)16(17,18)19;/h10-14H,2-9H2,1H3,(H2,20,21,22);1H. The summed E-state index contributed by atoms with van der Waals surface area (Å²) in [5, 5.41) is 6.68. The SMILES string of the molecule is CN=C(NCC1CCC(C(F)(F)F)CC1)NC1CC2CCC1O2.I. The lowest BCUT2D eigenvalue weighted by molar-refractivity contribution is -0.183. The molecule has 0 spiro atoms. The smallest absolute Gasteiger partial charge is 0.373 e. The predicted octanol–water partition coefficient (Wildman–Crippen LogP) is 3.46. The van der Waals surface area contributed by atoms with E-state index in [4.69, 9.17) is 4.74 Å². The van der Waals surface area contributed by atoms with Gasteiger partial charge in [0.05, 0.1) is 24.2 Å². The van der Waals surface area contributed by atoms with Crippen LogP contribution in [0.2, 0.25) is 0 Å². The monoisotopic (exact) mass is 461 g/mol. The molecular weight excluding hydrogens is 434 g/mol. The molecule has 1 saturated carbocycles. The van der Waals surface area contributed by atoms with Crippen LogP contribution in [0.15, 0.2) is 4.99 Å². The van der Waals surface area contributed by atoms with Gasteiger partial charge in [0, 0.05) is 13.6 Å². The van der Waals surface area contributed by atoms with Gasteiger partial charge in [-0.25, -0.2) is 0 Å². The Balaban J connectivity index is 0.00000208. The molecule has 2 aliphatic heterocycles. The van der Waals surface area contributed by atoms with E-state index in [2.05, 4.69) is 15.6 Å². The van der Waals surface area contributed by atoms with Gasteiger partial charge in [-0.2, -0.15) is 13.2 Å². The molecule has 3 unspecified atom stereocenters. The third kappa shape index (κ3) is 4.89. The summed E-state index contributed by atoms with van der Waals surface area (Å²) >= 11 is 0. The summed E-state index contributed by atoms with van der Waals surface area (Å²) in [6.07, 6.45) is 1.66. The highest BCUT2D eigenvalue weighted by atomic mass is 127. The largest absolute Gasteiger partial charge is 0.391 e. The summed E-state index contributed by atoms with van der Waals surface area (Å²) < 4.78 is 43.9. The second-order valence-corrected chi connectivity index (χ2v) is 7.07. The number of nitrogens with zero attached hydrogens (tertiary/aromatic N) is 1. The van der Waals surface area contributed by atoms with Crippen LogP contribution in [0.3, 0.4) is 0 Å². The van der Waals surface area contributed by atoms with Gasteiger partial charge in [-0.3, -0.25) is 4.99 Å². The van der Waals surface area contributed by atoms with Crippen LogP contribution >= 0.6 is 24.0 Å². The van der Waals surface area contributed by atoms with Crippen LogP contribution in [0.4, 0.5) is 13.2 Å². The molecule has 24 heavy (non-hydrogen) atoms. The minimum absolute atomic E-state index is 0. The maximum absolute atomic E-state index is 12.7. The van der Waals surface area contributed by atoms with Crippen LogP contribution in [-0.2, 0) is 4.74 Å². The molecule has 1 aliphatic carbocycles. The van der Waals surface area contributed by atoms with Crippen molar-refractivity contribution in [2.24, 2.45) is 16.8 Å². The molecule has 0 aromatic rings. The Bertz CT molecular complexity index is 439. The third-order valence-electron chi connectivity index (χ3n) is 5.52. The van der Waals surface area contributed by atoms with Crippen LogP contribution in [0, 0.1) is 11.8 Å². The molecule has 140 valence electrons. The van der Waals surface area contributed by atoms with E-state index in [1.165, 1.54) is 0 Å². The highest BCUT2D eigenvalue weighted by Crippen LogP contribution is 2.39. The summed E-state index contributed by atoms with van der Waals surface area (Å²) in [5.41, 5.74) is 0. The molecule has 2 heterocycles. The lowest BCUT2D eigenvalue weighted by Crippen LogP contribution is -2.48. The fourth-order valence-corrected chi connectivity index (χ4v) is 4.09. The lowest BCUT2D eigenvalue weighted by atomic mass is 9.81. The molecule has 0 amide bonds. The molecule has 4 nitrogen and oxygen atoms in total. The van der Waals surface area contributed by atoms with Crippen molar-refractivity contribution in [3.8, 4) is 0 Å². The van der Waals surface area contributed by atoms with E-state index in [0.717, 1.165) is 25.2 Å². The normalized spacial score (nSPS) is 36.3. The van der Waals surface area contributed by atoms with E-state index in [1.807, 2.05) is 0 Å². The van der Waals surface area contributed by atoms with E-state index in [9.17, 15) is 13.2 Å². The molecular formula is C16H27F3IN3O. The number of aliphatic imine (C=N–C) groups is 1. The van der Waals surface area contributed by atoms with Gasteiger partial charge in [-0.1, -0.05) is 0 Å². The maximum atomic E-state index is 12.7. The van der Waals surface area contributed by atoms with E-state index >= 15 is 0 Å². The first-order valence-electron chi connectivity index (χ1n) is 8.65. The molecule has 2 saturated heterocycles. The van der Waals surface area contributed by atoms with Gasteiger partial charge in [-0.05, 0) is 50.9 Å². The van der Waals surface area contributed by atoms with Crippen molar-refractivity contribution >= 4 is 29.9 Å². The van der Waals surface area contributed by atoms with Crippen LogP contribution < -0.4 is 10.6 Å². The molecule has 3 fully saturated rings. The second kappa shape index (κ2) is 8.42. The summed E-state index contributed by atoms with van der Waals surface area (Å²) in [6.45, 7) is 0.686. The first-order valence-corrected chi connectivity index (χ1v) is 8.65. The van der Waals surface area contributed by atoms with Gasteiger partial charge in [-0.15, -0.1) is 24.0 Å². The molecule has 8 heteroatoms. The van der Waals surface area contributed by atoms with E-state index in [-0.39, 0.29) is 42.9 Å². The number of hydrogen-bond donors (Lipinski definition) is 2. The number of alkyl halides is 3. The maximum Gasteiger partial charge on any atom is 0.391 e. The zero-order valence-corrected chi connectivity index (χ0v) is 16.3. The highest BCUT2D eigenvalue weighted by molar-refractivity contribution is 14.0. The Kier molecular flexibility index (Phi) is 7.04. The van der Waals surface area contributed by atoms with Crippen molar-refractivity contribution < 1.29 is 17.9 Å². The summed E-state index contributed by atoms with van der Waals surface area (Å²) in [7, 11) is 1.73. The van der Waals surface area contributed by atoms with Crippen molar-refractivity contribution in [1.29, 1.82) is 0 Å². The number of nitrogens with one attached hydrogen (secondary N) is 2. The van der Waals surface area contributed by atoms with Gasteiger partial charge in [0.15, 0.2) is 5.96 Å². The Hall–Kier alpha value is -0.250. The zero-order valence-electron chi connectivity index (χ0n) is 13.9. The van der Waals surface area contributed by atoms with Gasteiger partial charge < -0.3 is 15.4 Å². The van der Waals surface area contributed by atoms with Crippen molar-refractivity contribution in [3.63, 3.8) is 0 Å². The molecule has 3 atom stereocenters. The Labute approximate surface area is 158 Å². The average Bonchev–Trinajstić information content (AvgIpc) is 3.13. The first kappa shape index (κ1) is 20.1. The fraction of sp³-hybridized carbons (Fsp3) is 0.938. The summed E-state index contributed by atoms with van der Waals surface area (Å²) in [6, 6.07) is 0.306. The first-order chi connectivity index (χ1) is 11.0. The number of ether oxygens (including phenoxy) is 1. The molecule has 2 bridgehead atoms. The van der Waals surface area contributed by atoms with Gasteiger partial charge in [0.2, 0.25) is 0 Å². The molecule has 2 N–H and O–H groups in total. The fourth-order valence-electron chi connectivity index (χ4n) is 4.09. The van der Waals surface area contributed by atoms with E-state index in [1.54, 1.807) is 7.05 Å². The highest BCUT2D eigenvalue weighted by Gasteiger charge is 2.42. The average molecular weight is 461 g/mol. The van der Waals surface area contributed by atoms with Crippen LogP contribution in [0.1, 0.15) is 44.9 Å². The lowest BCUT2D eigenvalue weighted by Gasteiger charge is -2.30. The van der Waals surface area contributed by atoms with Crippen molar-refractivity contribution in [3.05, 3.63) is 0 Å². The molecule has 0 aromatic heterocycles.